The topological polar surface area (TPSA) is 35.5 Å². The second-order valence-corrected chi connectivity index (χ2v) is 5.88. The highest BCUT2D eigenvalue weighted by Gasteiger charge is 2.08. The molecule has 0 aromatic heterocycles. The lowest BCUT2D eigenvalue weighted by Gasteiger charge is -2.10. The lowest BCUT2D eigenvalue weighted by Crippen LogP contribution is -2.10. The third-order valence-corrected chi connectivity index (χ3v) is 4.36. The molecule has 0 spiro atoms. The van der Waals surface area contributed by atoms with Crippen LogP contribution in [0.1, 0.15) is 27.0 Å². The quantitative estimate of drug-likeness (QED) is 0.268. The summed E-state index contributed by atoms with van der Waals surface area (Å²) in [6.45, 7) is 6.12. The summed E-state index contributed by atoms with van der Waals surface area (Å²) < 4.78 is 5.22. The summed E-state index contributed by atoms with van der Waals surface area (Å²) in [7, 11) is 0.0813. The first-order valence-electron chi connectivity index (χ1n) is 6.78. The number of carbonyl (C=O) groups is 1. The van der Waals surface area contributed by atoms with Gasteiger partial charge in [0.2, 0.25) is 0 Å². The van der Waals surface area contributed by atoms with Gasteiger partial charge in [0.15, 0.2) is 5.78 Å². The molecule has 0 N–H and O–H groups in total. The molecule has 2 aromatic rings. The Morgan fingerprint density at radius 3 is 2.29 bits per heavy atom. The average molecular weight is 302 g/mol. The third kappa shape index (κ3) is 4.47. The Kier molecular flexibility index (Phi) is 5.63. The van der Waals surface area contributed by atoms with E-state index in [0.717, 1.165) is 5.30 Å². The largest absolute Gasteiger partial charge is 0.291 e. The van der Waals surface area contributed by atoms with Crippen molar-refractivity contribution in [2.45, 2.75) is 20.8 Å². The van der Waals surface area contributed by atoms with Crippen LogP contribution in [-0.4, -0.2) is 12.4 Å². The van der Waals surface area contributed by atoms with Crippen molar-refractivity contribution in [1.29, 1.82) is 0 Å². The molecule has 0 saturated heterocycles. The van der Waals surface area contributed by atoms with Crippen LogP contribution < -0.4 is 5.30 Å². The first-order valence-corrected chi connectivity index (χ1v) is 7.69. The Balaban J connectivity index is 1.84. The molecule has 0 radical (unpaired) electrons. The van der Waals surface area contributed by atoms with Crippen molar-refractivity contribution < 1.29 is 14.4 Å². The van der Waals surface area contributed by atoms with E-state index in [1.807, 2.05) is 18.2 Å². The summed E-state index contributed by atoms with van der Waals surface area (Å²) in [5.74, 6) is -0.0854. The molecule has 0 aliphatic heterocycles. The normalized spacial score (nSPS) is 11.2. The van der Waals surface area contributed by atoms with Gasteiger partial charge in [0.25, 0.3) is 0 Å². The van der Waals surface area contributed by atoms with E-state index in [0.29, 0.717) is 5.56 Å². The standard InChI is InChI=1S/C17H19O3P/c1-12-9-13(2)17(14(3)10-12)21-20-19-11-16(18)15-7-5-4-6-8-15/h4-10,21H,11H2,1-3H3. The number of Topliss-reactive ketones (excluding diaryl/α,β-unsaturated/α-hetero) is 1. The zero-order valence-electron chi connectivity index (χ0n) is 12.5. The fourth-order valence-corrected chi connectivity index (χ4v) is 2.87. The van der Waals surface area contributed by atoms with Gasteiger partial charge in [-0.25, -0.2) is 9.56 Å². The third-order valence-electron chi connectivity index (χ3n) is 3.17. The number of benzene rings is 2. The maximum Gasteiger partial charge on any atom is 0.191 e. The molecular formula is C17H19O3P. The van der Waals surface area contributed by atoms with E-state index in [-0.39, 0.29) is 21.2 Å². The summed E-state index contributed by atoms with van der Waals surface area (Å²) in [6.07, 6.45) is 0. The summed E-state index contributed by atoms with van der Waals surface area (Å²) >= 11 is 0. The van der Waals surface area contributed by atoms with Gasteiger partial charge < -0.3 is 0 Å². The molecule has 3 nitrogen and oxygen atoms in total. The summed E-state index contributed by atoms with van der Waals surface area (Å²) in [5, 5.41) is 1.13. The highest BCUT2D eigenvalue weighted by atomic mass is 31.1. The summed E-state index contributed by atoms with van der Waals surface area (Å²) in [5.41, 5.74) is 4.23. The Hall–Kier alpha value is -1.54. The minimum atomic E-state index is -0.0854. The zero-order chi connectivity index (χ0) is 15.2. The molecule has 4 heteroatoms. The van der Waals surface area contributed by atoms with Crippen molar-refractivity contribution in [1.82, 2.24) is 0 Å². The maximum atomic E-state index is 11.8. The van der Waals surface area contributed by atoms with E-state index in [4.69, 9.17) is 9.56 Å². The monoisotopic (exact) mass is 302 g/mol. The SMILES string of the molecule is Cc1cc(C)c(POOCC(=O)c2ccccc2)c(C)c1. The van der Waals surface area contributed by atoms with E-state index in [1.165, 1.54) is 16.7 Å². The van der Waals surface area contributed by atoms with Gasteiger partial charge in [-0.2, -0.15) is 0 Å². The van der Waals surface area contributed by atoms with Crippen molar-refractivity contribution in [3.8, 4) is 0 Å². The van der Waals surface area contributed by atoms with E-state index < -0.39 is 0 Å². The molecule has 1 atom stereocenters. The minimum Gasteiger partial charge on any atom is -0.291 e. The minimum absolute atomic E-state index is 0.0685. The predicted molar refractivity (Wildman–Crippen MR) is 86.4 cm³/mol. The van der Waals surface area contributed by atoms with E-state index >= 15 is 0 Å². The van der Waals surface area contributed by atoms with Gasteiger partial charge in [-0.15, -0.1) is 0 Å². The van der Waals surface area contributed by atoms with Gasteiger partial charge in [-0.3, -0.25) is 4.79 Å². The number of carbonyl (C=O) groups excluding carboxylic acids is 1. The average Bonchev–Trinajstić information content (AvgIpc) is 2.46. The maximum absolute atomic E-state index is 11.8. The highest BCUT2D eigenvalue weighted by molar-refractivity contribution is 7.42. The van der Waals surface area contributed by atoms with Crippen LogP contribution in [-0.2, 0) is 9.56 Å². The molecule has 0 aliphatic carbocycles. The van der Waals surface area contributed by atoms with Crippen molar-refractivity contribution in [3.05, 3.63) is 64.7 Å². The lowest BCUT2D eigenvalue weighted by atomic mass is 10.1. The Morgan fingerprint density at radius 2 is 1.67 bits per heavy atom. The number of hydrogen-bond acceptors (Lipinski definition) is 3. The van der Waals surface area contributed by atoms with Crippen molar-refractivity contribution in [2.75, 3.05) is 6.61 Å². The molecule has 2 aromatic carbocycles. The van der Waals surface area contributed by atoms with Crippen LogP contribution in [0, 0.1) is 20.8 Å². The number of hydrogen-bond donors (Lipinski definition) is 0. The highest BCUT2D eigenvalue weighted by Crippen LogP contribution is 2.19. The first kappa shape index (κ1) is 15.8. The molecule has 110 valence electrons. The molecule has 21 heavy (non-hydrogen) atoms. The second-order valence-electron chi connectivity index (χ2n) is 5.01. The van der Waals surface area contributed by atoms with E-state index in [9.17, 15) is 4.79 Å². The van der Waals surface area contributed by atoms with Gasteiger partial charge in [0, 0.05) is 10.9 Å². The Bertz CT molecular complexity index is 600. The van der Waals surface area contributed by atoms with Crippen LogP contribution in [0.2, 0.25) is 0 Å². The van der Waals surface area contributed by atoms with Crippen LogP contribution in [0.15, 0.2) is 42.5 Å². The second kappa shape index (κ2) is 7.46. The van der Waals surface area contributed by atoms with Crippen LogP contribution in [0.4, 0.5) is 0 Å². The number of rotatable bonds is 6. The molecule has 0 fully saturated rings. The first-order chi connectivity index (χ1) is 10.1. The molecule has 0 heterocycles. The van der Waals surface area contributed by atoms with Crippen LogP contribution in [0.5, 0.6) is 0 Å². The number of ketones is 1. The summed E-state index contributed by atoms with van der Waals surface area (Å²) in [6, 6.07) is 13.3. The van der Waals surface area contributed by atoms with Gasteiger partial charge >= 0.3 is 0 Å². The Labute approximate surface area is 127 Å². The fourth-order valence-electron chi connectivity index (χ4n) is 2.20. The van der Waals surface area contributed by atoms with Crippen molar-refractivity contribution in [2.24, 2.45) is 0 Å². The molecule has 1 unspecified atom stereocenters. The van der Waals surface area contributed by atoms with Gasteiger partial charge in [0.1, 0.15) is 6.61 Å². The Morgan fingerprint density at radius 1 is 1.05 bits per heavy atom. The molecule has 2 rings (SSSR count). The van der Waals surface area contributed by atoms with Crippen LogP contribution >= 0.6 is 8.81 Å². The molecule has 0 saturated carbocycles. The van der Waals surface area contributed by atoms with Gasteiger partial charge in [-0.05, 0) is 31.9 Å². The fraction of sp³-hybridized carbons (Fsp3) is 0.235. The number of aryl methyl sites for hydroxylation is 3. The molecule has 0 bridgehead atoms. The van der Waals surface area contributed by atoms with Crippen molar-refractivity contribution >= 4 is 19.9 Å². The van der Waals surface area contributed by atoms with Crippen LogP contribution in [0.25, 0.3) is 0 Å². The van der Waals surface area contributed by atoms with Gasteiger partial charge in [-0.1, -0.05) is 48.0 Å². The van der Waals surface area contributed by atoms with Gasteiger partial charge in [0.05, 0.1) is 8.81 Å². The zero-order valence-corrected chi connectivity index (χ0v) is 13.5. The predicted octanol–water partition coefficient (Wildman–Crippen LogP) is 3.66. The summed E-state index contributed by atoms with van der Waals surface area (Å²) in [4.78, 5) is 16.9. The molecule has 0 amide bonds. The van der Waals surface area contributed by atoms with E-state index in [1.54, 1.807) is 12.1 Å². The lowest BCUT2D eigenvalue weighted by molar-refractivity contribution is -0.182. The smallest absolute Gasteiger partial charge is 0.191 e. The van der Waals surface area contributed by atoms with Crippen molar-refractivity contribution in [3.63, 3.8) is 0 Å². The molecule has 0 aliphatic rings. The van der Waals surface area contributed by atoms with Crippen LogP contribution in [0.3, 0.4) is 0 Å². The molecular weight excluding hydrogens is 283 g/mol. The van der Waals surface area contributed by atoms with E-state index in [2.05, 4.69) is 32.9 Å².